The van der Waals surface area contributed by atoms with Gasteiger partial charge in [-0.25, -0.2) is 4.98 Å². The molecule has 166 valence electrons. The van der Waals surface area contributed by atoms with Gasteiger partial charge in [0, 0.05) is 31.4 Å². The van der Waals surface area contributed by atoms with Crippen molar-refractivity contribution in [2.45, 2.75) is 65.0 Å². The largest absolute Gasteiger partial charge is 0.357 e. The first kappa shape index (κ1) is 22.8. The summed E-state index contributed by atoms with van der Waals surface area (Å²) in [5, 5.41) is 5.65. The van der Waals surface area contributed by atoms with Crippen molar-refractivity contribution in [3.8, 4) is 0 Å². The van der Waals surface area contributed by atoms with Gasteiger partial charge in [-0.1, -0.05) is 39.0 Å². The Morgan fingerprint density at radius 2 is 1.71 bits per heavy atom. The summed E-state index contributed by atoms with van der Waals surface area (Å²) in [5.41, 5.74) is 2.67. The zero-order valence-electron chi connectivity index (χ0n) is 19.1. The molecule has 31 heavy (non-hydrogen) atoms. The number of nitrogens with zero attached hydrogens (tertiary/aromatic N) is 2. The van der Waals surface area contributed by atoms with Gasteiger partial charge in [0.2, 0.25) is 5.91 Å². The van der Waals surface area contributed by atoms with Gasteiger partial charge in [0.15, 0.2) is 0 Å². The molecule has 0 radical (unpaired) electrons. The van der Waals surface area contributed by atoms with E-state index in [1.165, 1.54) is 19.3 Å². The van der Waals surface area contributed by atoms with Crippen LogP contribution in [0, 0.1) is 0 Å². The van der Waals surface area contributed by atoms with Gasteiger partial charge in [0.1, 0.15) is 11.9 Å². The Hall–Kier alpha value is -2.89. The fourth-order valence-corrected chi connectivity index (χ4v) is 3.64. The Balaban J connectivity index is 1.48. The van der Waals surface area contributed by atoms with Crippen molar-refractivity contribution in [1.29, 1.82) is 0 Å². The predicted octanol–water partition coefficient (Wildman–Crippen LogP) is 3.80. The average molecular weight is 423 g/mol. The summed E-state index contributed by atoms with van der Waals surface area (Å²) in [6.07, 6.45) is 5.52. The molecule has 2 heterocycles. The first-order valence-electron chi connectivity index (χ1n) is 11.1. The number of rotatable bonds is 6. The molecule has 6 nitrogen and oxygen atoms in total. The summed E-state index contributed by atoms with van der Waals surface area (Å²) in [4.78, 5) is 31.8. The van der Waals surface area contributed by atoms with Crippen molar-refractivity contribution in [1.82, 2.24) is 15.6 Å². The summed E-state index contributed by atoms with van der Waals surface area (Å²) in [6, 6.07) is 10.9. The number of pyridine rings is 1. The summed E-state index contributed by atoms with van der Waals surface area (Å²) >= 11 is 0. The van der Waals surface area contributed by atoms with Crippen molar-refractivity contribution >= 4 is 17.6 Å². The molecule has 1 saturated heterocycles. The lowest BCUT2D eigenvalue weighted by atomic mass is 9.86. The summed E-state index contributed by atoms with van der Waals surface area (Å²) in [5.74, 6) is 0.517. The molecule has 2 amide bonds. The molecule has 1 fully saturated rings. The fraction of sp³-hybridized carbons (Fsp3) is 0.480. The molecule has 0 saturated carbocycles. The van der Waals surface area contributed by atoms with Crippen molar-refractivity contribution in [3.05, 3.63) is 59.3 Å². The minimum atomic E-state index is -0.629. The first-order chi connectivity index (χ1) is 14.7. The highest BCUT2D eigenvalue weighted by Gasteiger charge is 2.18. The summed E-state index contributed by atoms with van der Waals surface area (Å²) in [7, 11) is 0. The Bertz CT molecular complexity index is 879. The molecule has 1 unspecified atom stereocenters. The number of hydrogen-bond donors (Lipinski definition) is 2. The van der Waals surface area contributed by atoms with E-state index in [1.54, 1.807) is 19.1 Å². The molecule has 0 bridgehead atoms. The number of benzene rings is 1. The van der Waals surface area contributed by atoms with Crippen molar-refractivity contribution in [2.75, 3.05) is 18.0 Å². The molecule has 2 N–H and O–H groups in total. The number of piperidine rings is 1. The second kappa shape index (κ2) is 9.94. The maximum Gasteiger partial charge on any atom is 0.251 e. The SMILES string of the molecule is CC(NC(=O)c1ccc(C(C)(C)C)cc1)C(=O)NCc1ccc(N2CCCCC2)nc1. The molecule has 1 aliphatic rings. The van der Waals surface area contributed by atoms with Crippen LogP contribution in [0.3, 0.4) is 0 Å². The molecule has 1 atom stereocenters. The molecule has 1 aromatic heterocycles. The third-order valence-corrected chi connectivity index (χ3v) is 5.71. The van der Waals surface area contributed by atoms with Crippen LogP contribution < -0.4 is 15.5 Å². The third-order valence-electron chi connectivity index (χ3n) is 5.71. The molecule has 1 aliphatic heterocycles. The normalized spacial score (nSPS) is 15.3. The number of carbonyl (C=O) groups excluding carboxylic acids is 2. The van der Waals surface area contributed by atoms with Crippen LogP contribution in [0.4, 0.5) is 5.82 Å². The lowest BCUT2D eigenvalue weighted by Gasteiger charge is -2.27. The Kier molecular flexibility index (Phi) is 7.31. The van der Waals surface area contributed by atoms with Gasteiger partial charge < -0.3 is 15.5 Å². The van der Waals surface area contributed by atoms with Gasteiger partial charge in [-0.15, -0.1) is 0 Å². The van der Waals surface area contributed by atoms with Crippen LogP contribution in [0.15, 0.2) is 42.6 Å². The number of nitrogens with one attached hydrogen (secondary N) is 2. The quantitative estimate of drug-likeness (QED) is 0.743. The molecule has 3 rings (SSSR count). The third kappa shape index (κ3) is 6.29. The van der Waals surface area contributed by atoms with Gasteiger partial charge in [0.05, 0.1) is 0 Å². The number of aromatic nitrogens is 1. The van der Waals surface area contributed by atoms with Crippen LogP contribution >= 0.6 is 0 Å². The molecular formula is C25H34N4O2. The lowest BCUT2D eigenvalue weighted by Crippen LogP contribution is -2.44. The molecular weight excluding hydrogens is 388 g/mol. The monoisotopic (exact) mass is 422 g/mol. The van der Waals surface area contributed by atoms with E-state index in [0.717, 1.165) is 30.0 Å². The summed E-state index contributed by atoms with van der Waals surface area (Å²) < 4.78 is 0. The summed E-state index contributed by atoms with van der Waals surface area (Å²) in [6.45, 7) is 10.6. The molecule has 0 aliphatic carbocycles. The van der Waals surface area contributed by atoms with E-state index in [1.807, 2.05) is 30.5 Å². The lowest BCUT2D eigenvalue weighted by molar-refractivity contribution is -0.122. The zero-order valence-corrected chi connectivity index (χ0v) is 19.1. The van der Waals surface area contributed by atoms with Gasteiger partial charge in [-0.3, -0.25) is 9.59 Å². The minimum Gasteiger partial charge on any atom is -0.357 e. The molecule has 1 aromatic carbocycles. The van der Waals surface area contributed by atoms with Crippen LogP contribution in [0.5, 0.6) is 0 Å². The highest BCUT2D eigenvalue weighted by atomic mass is 16.2. The van der Waals surface area contributed by atoms with Crippen molar-refractivity contribution in [3.63, 3.8) is 0 Å². The number of amides is 2. The molecule has 6 heteroatoms. The number of hydrogen-bond acceptors (Lipinski definition) is 4. The minimum absolute atomic E-state index is 0.0308. The van der Waals surface area contributed by atoms with Crippen LogP contribution in [0.2, 0.25) is 0 Å². The highest BCUT2D eigenvalue weighted by Crippen LogP contribution is 2.22. The van der Waals surface area contributed by atoms with Crippen LogP contribution in [0.1, 0.15) is 68.4 Å². The standard InChI is InChI=1S/C25H34N4O2/c1-18(28-24(31)20-9-11-21(12-10-20)25(2,3)4)23(30)27-17-19-8-13-22(26-16-19)29-14-6-5-7-15-29/h8-13,16,18H,5-7,14-15,17H2,1-4H3,(H,27,30)(H,28,31). The van der Waals surface area contributed by atoms with E-state index in [4.69, 9.17) is 0 Å². The maximum absolute atomic E-state index is 12.5. The van der Waals surface area contributed by atoms with Gasteiger partial charge in [0.25, 0.3) is 5.91 Å². The smallest absolute Gasteiger partial charge is 0.251 e. The van der Waals surface area contributed by atoms with E-state index < -0.39 is 6.04 Å². The van der Waals surface area contributed by atoms with E-state index >= 15 is 0 Å². The van der Waals surface area contributed by atoms with Crippen LogP contribution in [-0.2, 0) is 16.8 Å². The second-order valence-electron chi connectivity index (χ2n) is 9.31. The highest BCUT2D eigenvalue weighted by molar-refractivity contribution is 5.97. The van der Waals surface area contributed by atoms with Crippen molar-refractivity contribution in [2.24, 2.45) is 0 Å². The van der Waals surface area contributed by atoms with E-state index in [9.17, 15) is 9.59 Å². The van der Waals surface area contributed by atoms with Gasteiger partial charge >= 0.3 is 0 Å². The van der Waals surface area contributed by atoms with Crippen molar-refractivity contribution < 1.29 is 9.59 Å². The van der Waals surface area contributed by atoms with Crippen LogP contribution in [0.25, 0.3) is 0 Å². The fourth-order valence-electron chi connectivity index (χ4n) is 3.64. The topological polar surface area (TPSA) is 74.3 Å². The average Bonchev–Trinajstić information content (AvgIpc) is 2.77. The maximum atomic E-state index is 12.5. The number of carbonyl (C=O) groups is 2. The zero-order chi connectivity index (χ0) is 22.4. The van der Waals surface area contributed by atoms with Gasteiger partial charge in [-0.2, -0.15) is 0 Å². The van der Waals surface area contributed by atoms with Crippen LogP contribution in [-0.4, -0.2) is 35.9 Å². The predicted molar refractivity (Wildman–Crippen MR) is 124 cm³/mol. The Morgan fingerprint density at radius 1 is 1.03 bits per heavy atom. The molecule has 2 aromatic rings. The Morgan fingerprint density at radius 3 is 2.29 bits per heavy atom. The second-order valence-corrected chi connectivity index (χ2v) is 9.31. The van der Waals surface area contributed by atoms with E-state index in [2.05, 4.69) is 41.3 Å². The Labute approximate surface area is 185 Å². The number of anilines is 1. The van der Waals surface area contributed by atoms with E-state index in [0.29, 0.717) is 12.1 Å². The van der Waals surface area contributed by atoms with E-state index in [-0.39, 0.29) is 17.2 Å². The van der Waals surface area contributed by atoms with Gasteiger partial charge in [-0.05, 0) is 60.9 Å². The molecule has 0 spiro atoms. The first-order valence-corrected chi connectivity index (χ1v) is 11.1.